The van der Waals surface area contributed by atoms with Gasteiger partial charge in [0, 0.05) is 12.1 Å². The first-order valence-electron chi connectivity index (χ1n) is 5.95. The molecule has 2 atom stereocenters. The van der Waals surface area contributed by atoms with Crippen molar-refractivity contribution in [3.05, 3.63) is 0 Å². The average Bonchev–Trinajstić information content (AvgIpc) is 2.62. The minimum atomic E-state index is 0.718. The Bertz CT molecular complexity index is 182. The van der Waals surface area contributed by atoms with Crippen molar-refractivity contribution < 1.29 is 0 Å². The summed E-state index contributed by atoms with van der Waals surface area (Å²) in [5.41, 5.74) is 0.718. The van der Waals surface area contributed by atoms with Crippen molar-refractivity contribution in [2.24, 2.45) is 5.41 Å². The van der Waals surface area contributed by atoms with Crippen LogP contribution in [0.5, 0.6) is 0 Å². The summed E-state index contributed by atoms with van der Waals surface area (Å²) < 4.78 is 0. The van der Waals surface area contributed by atoms with E-state index in [2.05, 4.69) is 25.7 Å². The number of nitrogens with zero attached hydrogens (tertiary/aromatic N) is 1. The fourth-order valence-corrected chi connectivity index (χ4v) is 3.90. The van der Waals surface area contributed by atoms with Crippen molar-refractivity contribution >= 4 is 0 Å². The lowest BCUT2D eigenvalue weighted by atomic mass is 9.78. The van der Waals surface area contributed by atoms with Crippen LogP contribution in [0.1, 0.15) is 52.9 Å². The van der Waals surface area contributed by atoms with Crippen LogP contribution in [-0.4, -0.2) is 23.5 Å². The van der Waals surface area contributed by atoms with Gasteiger partial charge in [0.2, 0.25) is 0 Å². The lowest BCUT2D eigenvalue weighted by Gasteiger charge is -2.32. The Kier molecular flexibility index (Phi) is 2.39. The predicted octanol–water partition coefficient (Wildman–Crippen LogP) is 3.05. The van der Waals surface area contributed by atoms with Crippen molar-refractivity contribution in [2.75, 3.05) is 6.54 Å². The van der Waals surface area contributed by atoms with Crippen LogP contribution >= 0.6 is 0 Å². The molecule has 1 saturated heterocycles. The van der Waals surface area contributed by atoms with Crippen LogP contribution in [0.3, 0.4) is 0 Å². The summed E-state index contributed by atoms with van der Waals surface area (Å²) in [7, 11) is 0. The first kappa shape index (κ1) is 9.51. The highest BCUT2D eigenvalue weighted by Gasteiger charge is 2.48. The molecule has 13 heavy (non-hydrogen) atoms. The van der Waals surface area contributed by atoms with E-state index in [9.17, 15) is 0 Å². The van der Waals surface area contributed by atoms with Gasteiger partial charge in [-0.3, -0.25) is 4.90 Å². The monoisotopic (exact) mass is 181 g/mol. The summed E-state index contributed by atoms with van der Waals surface area (Å²) in [6, 6.07) is 1.67. The summed E-state index contributed by atoms with van der Waals surface area (Å²) in [4.78, 5) is 2.70. The Morgan fingerprint density at radius 2 is 1.85 bits per heavy atom. The van der Waals surface area contributed by atoms with Crippen LogP contribution in [-0.2, 0) is 0 Å². The van der Waals surface area contributed by atoms with Gasteiger partial charge in [0.05, 0.1) is 0 Å². The molecule has 0 radical (unpaired) electrons. The molecule has 0 amide bonds. The molecule has 76 valence electrons. The third-order valence-electron chi connectivity index (χ3n) is 4.62. The molecule has 1 heteroatoms. The fourth-order valence-electron chi connectivity index (χ4n) is 3.90. The maximum Gasteiger partial charge on any atom is 0.0127 e. The maximum atomic E-state index is 2.70. The van der Waals surface area contributed by atoms with Gasteiger partial charge >= 0.3 is 0 Å². The maximum absolute atomic E-state index is 2.70. The van der Waals surface area contributed by atoms with E-state index in [1.807, 2.05) is 0 Å². The highest BCUT2D eigenvalue weighted by Crippen LogP contribution is 2.51. The van der Waals surface area contributed by atoms with Crippen LogP contribution in [0.2, 0.25) is 0 Å². The first-order valence-corrected chi connectivity index (χ1v) is 5.95. The minimum absolute atomic E-state index is 0.718. The lowest BCUT2D eigenvalue weighted by Crippen LogP contribution is -2.37. The van der Waals surface area contributed by atoms with Crippen molar-refractivity contribution in [3.63, 3.8) is 0 Å². The zero-order valence-corrected chi connectivity index (χ0v) is 9.34. The second kappa shape index (κ2) is 3.27. The van der Waals surface area contributed by atoms with E-state index < -0.39 is 0 Å². The summed E-state index contributed by atoms with van der Waals surface area (Å²) >= 11 is 0. The third-order valence-corrected chi connectivity index (χ3v) is 4.62. The number of hydrogen-bond acceptors (Lipinski definition) is 1. The summed E-state index contributed by atoms with van der Waals surface area (Å²) in [5, 5.41) is 0. The Labute approximate surface area is 82.5 Å². The van der Waals surface area contributed by atoms with E-state index in [0.29, 0.717) is 0 Å². The minimum Gasteiger partial charge on any atom is -0.298 e. The molecule has 0 bridgehead atoms. The average molecular weight is 181 g/mol. The summed E-state index contributed by atoms with van der Waals surface area (Å²) in [6.07, 6.45) is 7.41. The normalized spacial score (nSPS) is 39.0. The SMILES string of the molecule is CCN1C(C)CC2(CCCC2)C1C. The van der Waals surface area contributed by atoms with Gasteiger partial charge in [0.25, 0.3) is 0 Å². The Morgan fingerprint density at radius 1 is 1.23 bits per heavy atom. The van der Waals surface area contributed by atoms with Crippen molar-refractivity contribution in [1.29, 1.82) is 0 Å². The van der Waals surface area contributed by atoms with E-state index >= 15 is 0 Å². The zero-order chi connectivity index (χ0) is 9.47. The first-order chi connectivity index (χ1) is 6.19. The van der Waals surface area contributed by atoms with Crippen LogP contribution < -0.4 is 0 Å². The fraction of sp³-hybridized carbons (Fsp3) is 1.00. The van der Waals surface area contributed by atoms with Gasteiger partial charge in [-0.15, -0.1) is 0 Å². The molecule has 0 aromatic carbocycles. The quantitative estimate of drug-likeness (QED) is 0.601. The molecule has 1 nitrogen and oxygen atoms in total. The number of hydrogen-bond donors (Lipinski definition) is 0. The van der Waals surface area contributed by atoms with E-state index in [4.69, 9.17) is 0 Å². The lowest BCUT2D eigenvalue weighted by molar-refractivity contribution is 0.164. The molecule has 0 aromatic heterocycles. The predicted molar refractivity (Wildman–Crippen MR) is 56.8 cm³/mol. The molecular formula is C12H23N. The molecule has 1 aliphatic carbocycles. The van der Waals surface area contributed by atoms with E-state index in [1.165, 1.54) is 38.6 Å². The zero-order valence-electron chi connectivity index (χ0n) is 9.34. The molecular weight excluding hydrogens is 158 g/mol. The van der Waals surface area contributed by atoms with Gasteiger partial charge in [-0.2, -0.15) is 0 Å². The summed E-state index contributed by atoms with van der Waals surface area (Å²) in [6.45, 7) is 8.41. The molecule has 2 rings (SSSR count). The third kappa shape index (κ3) is 1.32. The molecule has 0 N–H and O–H groups in total. The standard InChI is InChI=1S/C12H23N/c1-4-13-10(2)9-12(11(13)3)7-5-6-8-12/h10-11H,4-9H2,1-3H3. The molecule has 2 fully saturated rings. The van der Waals surface area contributed by atoms with Crippen molar-refractivity contribution in [1.82, 2.24) is 4.90 Å². The van der Waals surface area contributed by atoms with Crippen LogP contribution in [0, 0.1) is 5.41 Å². The molecule has 2 aliphatic rings. The Balaban J connectivity index is 2.15. The molecule has 1 saturated carbocycles. The van der Waals surface area contributed by atoms with E-state index in [1.54, 1.807) is 0 Å². The van der Waals surface area contributed by atoms with Gasteiger partial charge in [-0.25, -0.2) is 0 Å². The van der Waals surface area contributed by atoms with Crippen LogP contribution in [0.4, 0.5) is 0 Å². The van der Waals surface area contributed by atoms with E-state index in [-0.39, 0.29) is 0 Å². The van der Waals surface area contributed by atoms with Gasteiger partial charge in [-0.05, 0) is 45.1 Å². The van der Waals surface area contributed by atoms with Crippen molar-refractivity contribution in [2.45, 2.75) is 65.0 Å². The van der Waals surface area contributed by atoms with Crippen LogP contribution in [0.25, 0.3) is 0 Å². The van der Waals surface area contributed by atoms with Gasteiger partial charge in [-0.1, -0.05) is 19.8 Å². The molecule has 1 aliphatic heterocycles. The second-order valence-corrected chi connectivity index (χ2v) is 5.13. The number of likely N-dealkylation sites (tertiary alicyclic amines) is 1. The van der Waals surface area contributed by atoms with Crippen LogP contribution in [0.15, 0.2) is 0 Å². The van der Waals surface area contributed by atoms with Gasteiger partial charge < -0.3 is 0 Å². The Morgan fingerprint density at radius 3 is 2.31 bits per heavy atom. The van der Waals surface area contributed by atoms with Gasteiger partial charge in [0.1, 0.15) is 0 Å². The smallest absolute Gasteiger partial charge is 0.0127 e. The topological polar surface area (TPSA) is 3.24 Å². The number of rotatable bonds is 1. The highest BCUT2D eigenvalue weighted by atomic mass is 15.2. The summed E-state index contributed by atoms with van der Waals surface area (Å²) in [5.74, 6) is 0. The molecule has 2 unspecified atom stereocenters. The van der Waals surface area contributed by atoms with Gasteiger partial charge in [0.15, 0.2) is 0 Å². The second-order valence-electron chi connectivity index (χ2n) is 5.13. The van der Waals surface area contributed by atoms with E-state index in [0.717, 1.165) is 17.5 Å². The van der Waals surface area contributed by atoms with Crippen molar-refractivity contribution in [3.8, 4) is 0 Å². The molecule has 1 spiro atoms. The Hall–Kier alpha value is -0.0400. The largest absolute Gasteiger partial charge is 0.298 e. The highest BCUT2D eigenvalue weighted by molar-refractivity contribution is 5.02. The molecule has 0 aromatic rings. The molecule has 1 heterocycles.